The van der Waals surface area contributed by atoms with E-state index in [0.29, 0.717) is 0 Å². The summed E-state index contributed by atoms with van der Waals surface area (Å²) in [5.74, 6) is 0.845. The number of imidazole rings is 1. The second kappa shape index (κ2) is 4.37. The Bertz CT molecular complexity index is 626. The fraction of sp³-hybridized carbons (Fsp3) is 0.467. The monoisotopic (exact) mass is 258 g/mol. The van der Waals surface area contributed by atoms with Gasteiger partial charge in [-0.2, -0.15) is 0 Å². The molecule has 0 saturated heterocycles. The Hall–Kier alpha value is -1.84. The Kier molecular flexibility index (Phi) is 2.81. The number of aromatic amines is 1. The van der Waals surface area contributed by atoms with Crippen LogP contribution in [0.15, 0.2) is 18.2 Å². The third kappa shape index (κ3) is 2.01. The molecule has 0 aliphatic heterocycles. The number of H-pyrrole nitrogens is 1. The number of carbonyl (C=O) groups excluding carboxylic acids is 1. The number of aryl methyl sites for hydroxylation is 1. The molecule has 0 amide bonds. The summed E-state index contributed by atoms with van der Waals surface area (Å²) in [6.07, 6.45) is 3.73. The van der Waals surface area contributed by atoms with E-state index < -0.39 is 0 Å². The van der Waals surface area contributed by atoms with Gasteiger partial charge in [0.1, 0.15) is 5.82 Å². The first-order valence-electron chi connectivity index (χ1n) is 6.67. The van der Waals surface area contributed by atoms with Gasteiger partial charge < -0.3 is 9.72 Å². The molecular formula is C15H18N2O2. The molecule has 1 heterocycles. The van der Waals surface area contributed by atoms with Crippen LogP contribution in [0.1, 0.15) is 30.7 Å². The lowest BCUT2D eigenvalue weighted by Crippen LogP contribution is -2.40. The van der Waals surface area contributed by atoms with Crippen LogP contribution in [-0.2, 0) is 16.0 Å². The molecule has 4 nitrogen and oxygen atoms in total. The molecule has 4 heteroatoms. The lowest BCUT2D eigenvalue weighted by molar-refractivity contribution is -0.158. The molecule has 100 valence electrons. The SMILES string of the molecule is COC(=O)C1(Cc2ccc3nc(C)[nH]c3c2)CCC1. The van der Waals surface area contributed by atoms with E-state index in [9.17, 15) is 4.79 Å². The van der Waals surface area contributed by atoms with Gasteiger partial charge in [0.2, 0.25) is 0 Å². The van der Waals surface area contributed by atoms with Crippen molar-refractivity contribution in [1.82, 2.24) is 9.97 Å². The lowest BCUT2D eigenvalue weighted by atomic mass is 9.65. The first kappa shape index (κ1) is 12.2. The van der Waals surface area contributed by atoms with Crippen LogP contribution < -0.4 is 0 Å². The van der Waals surface area contributed by atoms with E-state index in [2.05, 4.69) is 22.1 Å². The number of methoxy groups -OCH3 is 1. The summed E-state index contributed by atoms with van der Waals surface area (Å²) in [5.41, 5.74) is 2.88. The number of nitrogens with zero attached hydrogens (tertiary/aromatic N) is 1. The molecule has 0 radical (unpaired) electrons. The number of fused-ring (bicyclic) bond motifs is 1. The summed E-state index contributed by atoms with van der Waals surface area (Å²) in [6.45, 7) is 1.95. The fourth-order valence-electron chi connectivity index (χ4n) is 2.96. The molecule has 1 aliphatic rings. The average Bonchev–Trinajstić information content (AvgIpc) is 2.72. The molecule has 0 bridgehead atoms. The zero-order chi connectivity index (χ0) is 13.5. The van der Waals surface area contributed by atoms with Gasteiger partial charge in [0.15, 0.2) is 0 Å². The largest absolute Gasteiger partial charge is 0.469 e. The topological polar surface area (TPSA) is 55.0 Å². The third-order valence-electron chi connectivity index (χ3n) is 4.14. The van der Waals surface area contributed by atoms with Crippen LogP contribution in [0.2, 0.25) is 0 Å². The molecule has 2 aromatic rings. The summed E-state index contributed by atoms with van der Waals surface area (Å²) in [7, 11) is 1.48. The zero-order valence-electron chi connectivity index (χ0n) is 11.3. The molecule has 1 aromatic heterocycles. The van der Waals surface area contributed by atoms with Crippen molar-refractivity contribution in [2.75, 3.05) is 7.11 Å². The Balaban J connectivity index is 1.89. The molecule has 19 heavy (non-hydrogen) atoms. The van der Waals surface area contributed by atoms with Crippen LogP contribution in [-0.4, -0.2) is 23.0 Å². The van der Waals surface area contributed by atoms with Crippen molar-refractivity contribution in [2.24, 2.45) is 5.41 Å². The number of hydrogen-bond donors (Lipinski definition) is 1. The first-order valence-corrected chi connectivity index (χ1v) is 6.67. The highest BCUT2D eigenvalue weighted by atomic mass is 16.5. The summed E-state index contributed by atoms with van der Waals surface area (Å²) in [5, 5.41) is 0. The Morgan fingerprint density at radius 1 is 1.47 bits per heavy atom. The fourth-order valence-corrected chi connectivity index (χ4v) is 2.96. The normalized spacial score (nSPS) is 17.2. The van der Waals surface area contributed by atoms with E-state index in [0.717, 1.165) is 42.5 Å². The second-order valence-electron chi connectivity index (χ2n) is 5.48. The standard InChI is InChI=1S/C15H18N2O2/c1-10-16-12-5-4-11(8-13(12)17-10)9-15(6-3-7-15)14(18)19-2/h4-5,8H,3,6-7,9H2,1-2H3,(H,16,17). The van der Waals surface area contributed by atoms with Gasteiger partial charge in [-0.15, -0.1) is 0 Å². The van der Waals surface area contributed by atoms with Crippen molar-refractivity contribution >= 4 is 17.0 Å². The van der Waals surface area contributed by atoms with E-state index >= 15 is 0 Å². The molecule has 1 aromatic carbocycles. The Morgan fingerprint density at radius 2 is 2.26 bits per heavy atom. The van der Waals surface area contributed by atoms with Crippen molar-refractivity contribution in [3.8, 4) is 0 Å². The van der Waals surface area contributed by atoms with Crippen molar-refractivity contribution in [1.29, 1.82) is 0 Å². The number of esters is 1. The highest BCUT2D eigenvalue weighted by Crippen LogP contribution is 2.44. The number of carbonyl (C=O) groups is 1. The minimum atomic E-state index is -0.294. The maximum atomic E-state index is 11.9. The minimum absolute atomic E-state index is 0.0698. The number of rotatable bonds is 3. The Labute approximate surface area is 112 Å². The van der Waals surface area contributed by atoms with Crippen molar-refractivity contribution < 1.29 is 9.53 Å². The van der Waals surface area contributed by atoms with Crippen molar-refractivity contribution in [3.63, 3.8) is 0 Å². The highest BCUT2D eigenvalue weighted by Gasteiger charge is 2.45. The number of nitrogens with one attached hydrogen (secondary N) is 1. The van der Waals surface area contributed by atoms with Crippen molar-refractivity contribution in [3.05, 3.63) is 29.6 Å². The molecule has 0 unspecified atom stereocenters. The van der Waals surface area contributed by atoms with Crippen LogP contribution in [0.5, 0.6) is 0 Å². The number of benzene rings is 1. The second-order valence-corrected chi connectivity index (χ2v) is 5.48. The van der Waals surface area contributed by atoms with E-state index in [1.807, 2.05) is 13.0 Å². The third-order valence-corrected chi connectivity index (χ3v) is 4.14. The summed E-state index contributed by atoms with van der Waals surface area (Å²) in [6, 6.07) is 6.17. The lowest BCUT2D eigenvalue weighted by Gasteiger charge is -2.39. The quantitative estimate of drug-likeness (QED) is 0.861. The van der Waals surface area contributed by atoms with E-state index in [1.165, 1.54) is 12.7 Å². The molecule has 0 spiro atoms. The smallest absolute Gasteiger partial charge is 0.312 e. The predicted molar refractivity (Wildman–Crippen MR) is 72.8 cm³/mol. The van der Waals surface area contributed by atoms with E-state index in [4.69, 9.17) is 4.74 Å². The summed E-state index contributed by atoms with van der Waals surface area (Å²) in [4.78, 5) is 19.6. The van der Waals surface area contributed by atoms with Gasteiger partial charge in [-0.1, -0.05) is 12.5 Å². The van der Waals surface area contributed by atoms with Gasteiger partial charge >= 0.3 is 5.97 Å². The summed E-state index contributed by atoms with van der Waals surface area (Å²) >= 11 is 0. The maximum absolute atomic E-state index is 11.9. The zero-order valence-corrected chi connectivity index (χ0v) is 11.3. The van der Waals surface area contributed by atoms with Gasteiger partial charge in [-0.25, -0.2) is 4.98 Å². The number of aromatic nitrogens is 2. The molecule has 1 N–H and O–H groups in total. The van der Waals surface area contributed by atoms with Gasteiger partial charge in [0, 0.05) is 0 Å². The minimum Gasteiger partial charge on any atom is -0.469 e. The van der Waals surface area contributed by atoms with Crippen LogP contribution in [0.4, 0.5) is 0 Å². The van der Waals surface area contributed by atoms with Gasteiger partial charge in [0.05, 0.1) is 23.6 Å². The predicted octanol–water partition coefficient (Wildman–Crippen LogP) is 2.76. The van der Waals surface area contributed by atoms with Crippen LogP contribution in [0, 0.1) is 12.3 Å². The maximum Gasteiger partial charge on any atom is 0.312 e. The summed E-state index contributed by atoms with van der Waals surface area (Å²) < 4.78 is 4.96. The van der Waals surface area contributed by atoms with E-state index in [1.54, 1.807) is 0 Å². The molecule has 3 rings (SSSR count). The highest BCUT2D eigenvalue weighted by molar-refractivity contribution is 5.79. The van der Waals surface area contributed by atoms with Crippen molar-refractivity contribution in [2.45, 2.75) is 32.6 Å². The molecular weight excluding hydrogens is 240 g/mol. The molecule has 1 aliphatic carbocycles. The Morgan fingerprint density at radius 3 is 2.89 bits per heavy atom. The first-order chi connectivity index (χ1) is 9.13. The van der Waals surface area contributed by atoms with Gasteiger partial charge in [-0.05, 0) is 43.9 Å². The van der Waals surface area contributed by atoms with Gasteiger partial charge in [-0.3, -0.25) is 4.79 Å². The van der Waals surface area contributed by atoms with Crippen LogP contribution in [0.3, 0.4) is 0 Å². The van der Waals surface area contributed by atoms with E-state index in [-0.39, 0.29) is 11.4 Å². The molecule has 1 fully saturated rings. The van der Waals surface area contributed by atoms with Crippen LogP contribution >= 0.6 is 0 Å². The van der Waals surface area contributed by atoms with Gasteiger partial charge in [0.25, 0.3) is 0 Å². The van der Waals surface area contributed by atoms with Crippen LogP contribution in [0.25, 0.3) is 11.0 Å². The molecule has 0 atom stereocenters. The molecule has 1 saturated carbocycles. The number of ether oxygens (including phenoxy) is 1. The number of hydrogen-bond acceptors (Lipinski definition) is 3. The average molecular weight is 258 g/mol.